The van der Waals surface area contributed by atoms with Crippen LogP contribution in [0.15, 0.2) is 24.3 Å². The summed E-state index contributed by atoms with van der Waals surface area (Å²) < 4.78 is 13.5. The fraction of sp³-hybridized carbons (Fsp3) is 0.571. The third kappa shape index (κ3) is 3.05. The van der Waals surface area contributed by atoms with Gasteiger partial charge in [0.1, 0.15) is 5.82 Å². The Bertz CT molecular complexity index is 329. The molecule has 1 nitrogen and oxygen atoms in total. The summed E-state index contributed by atoms with van der Waals surface area (Å²) >= 11 is 0. The van der Waals surface area contributed by atoms with E-state index in [9.17, 15) is 9.50 Å². The first-order valence-corrected chi connectivity index (χ1v) is 5.97. The molecule has 1 N–H and O–H groups in total. The number of hydrogen-bond acceptors (Lipinski definition) is 1. The average molecular weight is 224 g/mol. The van der Waals surface area contributed by atoms with E-state index in [4.69, 9.17) is 0 Å². The second kappa shape index (κ2) is 5.44. The highest BCUT2D eigenvalue weighted by atomic mass is 19.1. The standard InChI is InChI=1S/C14H21FO/c1-4-12(5-2)14(3,16)10-11-8-6-7-9-13(11)15/h6-9,12,16H,4-5,10H2,1-3H3. The van der Waals surface area contributed by atoms with E-state index >= 15 is 0 Å². The van der Waals surface area contributed by atoms with Gasteiger partial charge in [0.25, 0.3) is 0 Å². The SMILES string of the molecule is CCC(CC)C(C)(O)Cc1ccccc1F. The van der Waals surface area contributed by atoms with Crippen molar-refractivity contribution in [2.75, 3.05) is 0 Å². The number of hydrogen-bond donors (Lipinski definition) is 1. The summed E-state index contributed by atoms with van der Waals surface area (Å²) in [5.41, 5.74) is -0.231. The highest BCUT2D eigenvalue weighted by Crippen LogP contribution is 2.28. The van der Waals surface area contributed by atoms with Gasteiger partial charge in [-0.25, -0.2) is 4.39 Å². The maximum absolute atomic E-state index is 13.5. The van der Waals surface area contributed by atoms with Crippen LogP contribution in [-0.2, 0) is 6.42 Å². The van der Waals surface area contributed by atoms with Crippen LogP contribution in [0.25, 0.3) is 0 Å². The van der Waals surface area contributed by atoms with E-state index in [0.717, 1.165) is 12.8 Å². The van der Waals surface area contributed by atoms with Crippen molar-refractivity contribution >= 4 is 0 Å². The molecule has 0 aromatic heterocycles. The molecule has 16 heavy (non-hydrogen) atoms. The zero-order valence-corrected chi connectivity index (χ0v) is 10.3. The molecular weight excluding hydrogens is 203 g/mol. The molecule has 0 heterocycles. The molecule has 1 aromatic carbocycles. The fourth-order valence-corrected chi connectivity index (χ4v) is 2.34. The first-order chi connectivity index (χ1) is 7.51. The van der Waals surface area contributed by atoms with Crippen LogP contribution in [0.4, 0.5) is 4.39 Å². The zero-order chi connectivity index (χ0) is 12.2. The summed E-state index contributed by atoms with van der Waals surface area (Å²) in [5.74, 6) is -0.0131. The van der Waals surface area contributed by atoms with Gasteiger partial charge < -0.3 is 5.11 Å². The summed E-state index contributed by atoms with van der Waals surface area (Å²) in [6.45, 7) is 5.92. The normalized spacial score (nSPS) is 15.1. The second-order valence-electron chi connectivity index (χ2n) is 4.64. The van der Waals surface area contributed by atoms with E-state index in [2.05, 4.69) is 13.8 Å². The number of aliphatic hydroxyl groups is 1. The highest BCUT2D eigenvalue weighted by Gasteiger charge is 2.30. The predicted molar refractivity (Wildman–Crippen MR) is 64.8 cm³/mol. The third-order valence-electron chi connectivity index (χ3n) is 3.37. The molecule has 0 amide bonds. The topological polar surface area (TPSA) is 20.2 Å². The lowest BCUT2D eigenvalue weighted by molar-refractivity contribution is -0.00477. The summed E-state index contributed by atoms with van der Waals surface area (Å²) in [7, 11) is 0. The van der Waals surface area contributed by atoms with Crippen molar-refractivity contribution in [2.24, 2.45) is 5.92 Å². The smallest absolute Gasteiger partial charge is 0.126 e. The van der Waals surface area contributed by atoms with E-state index < -0.39 is 5.60 Å². The molecule has 2 heteroatoms. The van der Waals surface area contributed by atoms with Crippen molar-refractivity contribution in [3.63, 3.8) is 0 Å². The molecule has 1 unspecified atom stereocenters. The minimum atomic E-state index is -0.828. The summed E-state index contributed by atoms with van der Waals surface area (Å²) in [5, 5.41) is 10.4. The van der Waals surface area contributed by atoms with Crippen LogP contribution in [0.2, 0.25) is 0 Å². The zero-order valence-electron chi connectivity index (χ0n) is 10.3. The van der Waals surface area contributed by atoms with E-state index in [1.807, 2.05) is 0 Å². The van der Waals surface area contributed by atoms with Crippen LogP contribution in [0.5, 0.6) is 0 Å². The Hall–Kier alpha value is -0.890. The fourth-order valence-electron chi connectivity index (χ4n) is 2.34. The molecule has 90 valence electrons. The molecule has 0 saturated carbocycles. The van der Waals surface area contributed by atoms with Crippen LogP contribution in [0.3, 0.4) is 0 Å². The molecule has 0 aliphatic heterocycles. The molecule has 0 aliphatic rings. The average Bonchev–Trinajstić information content (AvgIpc) is 2.22. The molecule has 1 rings (SSSR count). The van der Waals surface area contributed by atoms with Crippen molar-refractivity contribution in [1.82, 2.24) is 0 Å². The lowest BCUT2D eigenvalue weighted by Crippen LogP contribution is -2.36. The van der Waals surface area contributed by atoms with E-state index in [0.29, 0.717) is 12.0 Å². The molecule has 0 radical (unpaired) electrons. The van der Waals surface area contributed by atoms with Gasteiger partial charge in [0.15, 0.2) is 0 Å². The first kappa shape index (κ1) is 13.2. The molecule has 0 spiro atoms. The van der Waals surface area contributed by atoms with Crippen molar-refractivity contribution < 1.29 is 9.50 Å². The minimum Gasteiger partial charge on any atom is -0.390 e. The monoisotopic (exact) mass is 224 g/mol. The Morgan fingerprint density at radius 2 is 1.81 bits per heavy atom. The molecule has 0 bridgehead atoms. The molecular formula is C14H21FO. The van der Waals surface area contributed by atoms with Gasteiger partial charge >= 0.3 is 0 Å². The molecule has 1 aromatic rings. The van der Waals surface area contributed by atoms with Crippen molar-refractivity contribution in [2.45, 2.75) is 45.6 Å². The van der Waals surface area contributed by atoms with Gasteiger partial charge in [-0.2, -0.15) is 0 Å². The van der Waals surface area contributed by atoms with Crippen molar-refractivity contribution in [3.05, 3.63) is 35.6 Å². The van der Waals surface area contributed by atoms with Gasteiger partial charge in [-0.05, 0) is 24.5 Å². The number of rotatable bonds is 5. The lowest BCUT2D eigenvalue weighted by atomic mass is 9.80. The van der Waals surface area contributed by atoms with Crippen LogP contribution in [-0.4, -0.2) is 10.7 Å². The van der Waals surface area contributed by atoms with Gasteiger partial charge in [-0.15, -0.1) is 0 Å². The highest BCUT2D eigenvalue weighted by molar-refractivity contribution is 5.19. The third-order valence-corrected chi connectivity index (χ3v) is 3.37. The van der Waals surface area contributed by atoms with Crippen LogP contribution in [0.1, 0.15) is 39.2 Å². The predicted octanol–water partition coefficient (Wildman–Crippen LogP) is 3.56. The maximum Gasteiger partial charge on any atom is 0.126 e. The Balaban J connectivity index is 2.83. The number of benzene rings is 1. The summed E-state index contributed by atoms with van der Waals surface area (Å²) in [4.78, 5) is 0. The Labute approximate surface area is 97.3 Å². The Morgan fingerprint density at radius 1 is 1.25 bits per heavy atom. The van der Waals surface area contributed by atoms with Crippen LogP contribution >= 0.6 is 0 Å². The molecule has 1 atom stereocenters. The minimum absolute atomic E-state index is 0.215. The Morgan fingerprint density at radius 3 is 2.31 bits per heavy atom. The second-order valence-corrected chi connectivity index (χ2v) is 4.64. The van der Waals surface area contributed by atoms with E-state index in [1.165, 1.54) is 6.07 Å². The largest absolute Gasteiger partial charge is 0.390 e. The number of halogens is 1. The Kier molecular flexibility index (Phi) is 4.48. The summed E-state index contributed by atoms with van der Waals surface area (Å²) in [6, 6.07) is 6.66. The van der Waals surface area contributed by atoms with Gasteiger partial charge in [-0.3, -0.25) is 0 Å². The first-order valence-electron chi connectivity index (χ1n) is 5.97. The molecule has 0 fully saturated rings. The van der Waals surface area contributed by atoms with E-state index in [-0.39, 0.29) is 11.7 Å². The van der Waals surface area contributed by atoms with Crippen molar-refractivity contribution in [3.8, 4) is 0 Å². The molecule has 0 saturated heterocycles. The molecule has 0 aliphatic carbocycles. The van der Waals surface area contributed by atoms with Crippen LogP contribution in [0, 0.1) is 11.7 Å². The lowest BCUT2D eigenvalue weighted by Gasteiger charge is -2.32. The summed E-state index contributed by atoms with van der Waals surface area (Å²) in [6.07, 6.45) is 2.21. The quantitative estimate of drug-likeness (QED) is 0.811. The van der Waals surface area contributed by atoms with Crippen LogP contribution < -0.4 is 0 Å². The van der Waals surface area contributed by atoms with E-state index in [1.54, 1.807) is 25.1 Å². The van der Waals surface area contributed by atoms with Crippen molar-refractivity contribution in [1.29, 1.82) is 0 Å². The van der Waals surface area contributed by atoms with Gasteiger partial charge in [0, 0.05) is 6.42 Å². The van der Waals surface area contributed by atoms with Gasteiger partial charge in [0.05, 0.1) is 5.60 Å². The maximum atomic E-state index is 13.5. The van der Waals surface area contributed by atoms with Gasteiger partial charge in [0.2, 0.25) is 0 Å². The van der Waals surface area contributed by atoms with Gasteiger partial charge in [-0.1, -0.05) is 44.9 Å².